The third kappa shape index (κ3) is 3.31. The highest BCUT2D eigenvalue weighted by atomic mass is 32.2. The molecule has 0 rings (SSSR count). The third-order valence-corrected chi connectivity index (χ3v) is 3.60. The van der Waals surface area contributed by atoms with Gasteiger partial charge in [0, 0.05) is 7.11 Å². The van der Waals surface area contributed by atoms with Gasteiger partial charge in [0.2, 0.25) is 0 Å². The molecule has 0 aliphatic carbocycles. The van der Waals surface area contributed by atoms with Crippen LogP contribution in [0.3, 0.4) is 0 Å². The minimum atomic E-state index is -3.69. The van der Waals surface area contributed by atoms with Crippen LogP contribution in [0.1, 0.15) is 13.8 Å². The van der Waals surface area contributed by atoms with E-state index in [1.165, 1.54) is 7.11 Å². The van der Waals surface area contributed by atoms with Crippen LogP contribution in [0.2, 0.25) is 0 Å². The van der Waals surface area contributed by atoms with Crippen molar-refractivity contribution in [3.8, 4) is 0 Å². The predicted octanol–water partition coefficient (Wildman–Crippen LogP) is 0.114. The molecule has 1 atom stereocenters. The predicted molar refractivity (Wildman–Crippen MR) is 47.1 cm³/mol. The van der Waals surface area contributed by atoms with Gasteiger partial charge in [0.25, 0.3) is 0 Å². The normalized spacial score (nSPS) is 14.5. The second-order valence-corrected chi connectivity index (χ2v) is 5.14. The van der Waals surface area contributed by atoms with Crippen LogP contribution in [0.25, 0.3) is 0 Å². The van der Waals surface area contributed by atoms with Gasteiger partial charge in [-0.15, -0.1) is 0 Å². The van der Waals surface area contributed by atoms with Gasteiger partial charge in [0.1, 0.15) is 5.94 Å². The lowest BCUT2D eigenvalue weighted by atomic mass is 10.1. The number of methoxy groups -OCH3 is 1. The minimum absolute atomic E-state index is 0.461. The SMILES string of the molecule is COCS(=O)(=O)C(C(=O)O)C(C)C. The Morgan fingerprint density at radius 2 is 1.92 bits per heavy atom. The highest BCUT2D eigenvalue weighted by Gasteiger charge is 2.34. The zero-order valence-electron chi connectivity index (χ0n) is 7.85. The maximum Gasteiger partial charge on any atom is 0.322 e. The van der Waals surface area contributed by atoms with Crippen molar-refractivity contribution in [3.63, 3.8) is 0 Å². The average molecular weight is 210 g/mol. The van der Waals surface area contributed by atoms with Crippen molar-refractivity contribution in [3.05, 3.63) is 0 Å². The lowest BCUT2D eigenvalue weighted by molar-refractivity contribution is -0.137. The zero-order valence-corrected chi connectivity index (χ0v) is 8.67. The Balaban J connectivity index is 4.85. The summed E-state index contributed by atoms with van der Waals surface area (Å²) in [4.78, 5) is 10.6. The maximum absolute atomic E-state index is 11.3. The van der Waals surface area contributed by atoms with Crippen LogP contribution in [0, 0.1) is 5.92 Å². The Morgan fingerprint density at radius 3 is 2.15 bits per heavy atom. The molecule has 0 aromatic rings. The van der Waals surface area contributed by atoms with Crippen LogP contribution in [0.15, 0.2) is 0 Å². The first-order valence-corrected chi connectivity index (χ1v) is 5.47. The van der Waals surface area contributed by atoms with E-state index < -0.39 is 32.9 Å². The first kappa shape index (κ1) is 12.4. The van der Waals surface area contributed by atoms with Gasteiger partial charge in [-0.05, 0) is 5.92 Å². The number of carboxylic acids is 1. The summed E-state index contributed by atoms with van der Waals surface area (Å²) in [7, 11) is -2.47. The molecule has 0 saturated carbocycles. The number of ether oxygens (including phenoxy) is 1. The molecule has 1 N–H and O–H groups in total. The van der Waals surface area contributed by atoms with Crippen LogP contribution >= 0.6 is 0 Å². The molecule has 0 spiro atoms. The molecule has 0 saturated heterocycles. The van der Waals surface area contributed by atoms with Crippen molar-refractivity contribution in [2.75, 3.05) is 13.0 Å². The van der Waals surface area contributed by atoms with Gasteiger partial charge >= 0.3 is 5.97 Å². The summed E-state index contributed by atoms with van der Waals surface area (Å²) in [5, 5.41) is 7.29. The quantitative estimate of drug-likeness (QED) is 0.696. The standard InChI is InChI=1S/C7H14O5S/c1-5(2)6(7(8)9)13(10,11)4-12-3/h5-6H,4H2,1-3H3,(H,8,9). The summed E-state index contributed by atoms with van der Waals surface area (Å²) in [5.74, 6) is -2.34. The van der Waals surface area contributed by atoms with Gasteiger partial charge in [0.05, 0.1) is 0 Å². The van der Waals surface area contributed by atoms with Crippen molar-refractivity contribution in [2.45, 2.75) is 19.1 Å². The number of rotatable bonds is 5. The molecule has 0 bridgehead atoms. The van der Waals surface area contributed by atoms with E-state index in [2.05, 4.69) is 4.74 Å². The second-order valence-electron chi connectivity index (χ2n) is 3.07. The number of carbonyl (C=O) groups is 1. The van der Waals surface area contributed by atoms with E-state index >= 15 is 0 Å². The Bertz CT molecular complexity index is 267. The molecule has 1 unspecified atom stereocenters. The fourth-order valence-corrected chi connectivity index (χ4v) is 2.70. The molecule has 0 aliphatic heterocycles. The summed E-state index contributed by atoms with van der Waals surface area (Å²) in [6.07, 6.45) is 0. The van der Waals surface area contributed by atoms with E-state index in [0.717, 1.165) is 0 Å². The summed E-state index contributed by atoms with van der Waals surface area (Å²) >= 11 is 0. The summed E-state index contributed by atoms with van der Waals surface area (Å²) in [6.45, 7) is 3.10. The van der Waals surface area contributed by atoms with Gasteiger partial charge in [0.15, 0.2) is 15.1 Å². The Hall–Kier alpha value is -0.620. The van der Waals surface area contributed by atoms with Gasteiger partial charge in [-0.1, -0.05) is 13.8 Å². The van der Waals surface area contributed by atoms with Gasteiger partial charge in [-0.25, -0.2) is 8.42 Å². The zero-order chi connectivity index (χ0) is 10.6. The molecule has 13 heavy (non-hydrogen) atoms. The van der Waals surface area contributed by atoms with Crippen molar-refractivity contribution >= 4 is 15.8 Å². The largest absolute Gasteiger partial charge is 0.480 e. The van der Waals surface area contributed by atoms with Crippen LogP contribution in [0.4, 0.5) is 0 Å². The molecule has 0 radical (unpaired) electrons. The molecule has 0 aliphatic rings. The first-order valence-electron chi connectivity index (χ1n) is 3.76. The Kier molecular flexibility index (Phi) is 4.35. The smallest absolute Gasteiger partial charge is 0.322 e. The number of hydrogen-bond donors (Lipinski definition) is 1. The monoisotopic (exact) mass is 210 g/mol. The fourth-order valence-electron chi connectivity index (χ4n) is 1.09. The number of hydrogen-bond acceptors (Lipinski definition) is 4. The van der Waals surface area contributed by atoms with E-state index in [1.54, 1.807) is 13.8 Å². The molecular formula is C7H14O5S. The number of carboxylic acid groups (broad SMARTS) is 1. The minimum Gasteiger partial charge on any atom is -0.480 e. The van der Waals surface area contributed by atoms with E-state index in [1.807, 2.05) is 0 Å². The van der Waals surface area contributed by atoms with Crippen LogP contribution in [0.5, 0.6) is 0 Å². The fraction of sp³-hybridized carbons (Fsp3) is 0.857. The molecule has 0 aromatic carbocycles. The lowest BCUT2D eigenvalue weighted by Crippen LogP contribution is -2.36. The summed E-state index contributed by atoms with van der Waals surface area (Å²) in [6, 6.07) is 0. The molecule has 0 amide bonds. The van der Waals surface area contributed by atoms with Gasteiger partial charge in [-0.3, -0.25) is 4.79 Å². The average Bonchev–Trinajstić information content (AvgIpc) is 1.82. The van der Waals surface area contributed by atoms with Crippen molar-refractivity contribution < 1.29 is 23.1 Å². The second kappa shape index (κ2) is 4.57. The topological polar surface area (TPSA) is 80.7 Å². The van der Waals surface area contributed by atoms with Crippen LogP contribution in [-0.4, -0.2) is 37.8 Å². The van der Waals surface area contributed by atoms with Gasteiger partial charge < -0.3 is 9.84 Å². The van der Waals surface area contributed by atoms with E-state index in [9.17, 15) is 13.2 Å². The van der Waals surface area contributed by atoms with Crippen molar-refractivity contribution in [1.29, 1.82) is 0 Å². The summed E-state index contributed by atoms with van der Waals surface area (Å²) < 4.78 is 27.1. The number of aliphatic carboxylic acids is 1. The molecule has 0 aromatic heterocycles. The van der Waals surface area contributed by atoms with Gasteiger partial charge in [-0.2, -0.15) is 0 Å². The van der Waals surface area contributed by atoms with Crippen molar-refractivity contribution in [1.82, 2.24) is 0 Å². The first-order chi connectivity index (χ1) is 5.83. The Labute approximate surface area is 77.6 Å². The third-order valence-electron chi connectivity index (χ3n) is 1.52. The van der Waals surface area contributed by atoms with E-state index in [-0.39, 0.29) is 0 Å². The molecule has 5 nitrogen and oxygen atoms in total. The molecule has 6 heteroatoms. The molecule has 0 heterocycles. The highest BCUT2D eigenvalue weighted by Crippen LogP contribution is 2.13. The molecular weight excluding hydrogens is 196 g/mol. The molecule has 0 fully saturated rings. The number of sulfone groups is 1. The maximum atomic E-state index is 11.3. The van der Waals surface area contributed by atoms with E-state index in [4.69, 9.17) is 5.11 Å². The van der Waals surface area contributed by atoms with Crippen LogP contribution in [-0.2, 0) is 19.4 Å². The molecule has 78 valence electrons. The highest BCUT2D eigenvalue weighted by molar-refractivity contribution is 7.92. The lowest BCUT2D eigenvalue weighted by Gasteiger charge is -2.15. The van der Waals surface area contributed by atoms with Crippen LogP contribution < -0.4 is 0 Å². The van der Waals surface area contributed by atoms with Crippen molar-refractivity contribution in [2.24, 2.45) is 5.92 Å². The van der Waals surface area contributed by atoms with E-state index in [0.29, 0.717) is 0 Å². The summed E-state index contributed by atoms with van der Waals surface area (Å²) in [5.41, 5.74) is 0. The Morgan fingerprint density at radius 1 is 1.46 bits per heavy atom.